The molecule has 112 valence electrons. The summed E-state index contributed by atoms with van der Waals surface area (Å²) in [7, 11) is -2.07. The van der Waals surface area contributed by atoms with E-state index in [1.807, 2.05) is 6.92 Å². The summed E-state index contributed by atoms with van der Waals surface area (Å²) in [5.41, 5.74) is 0.998. The highest BCUT2D eigenvalue weighted by Crippen LogP contribution is 2.24. The molecule has 0 aliphatic carbocycles. The first kappa shape index (κ1) is 16.5. The first-order valence-corrected chi connectivity index (χ1v) is 7.72. The van der Waals surface area contributed by atoms with Gasteiger partial charge in [0.1, 0.15) is 5.75 Å². The molecule has 0 saturated heterocycles. The van der Waals surface area contributed by atoms with E-state index in [9.17, 15) is 13.2 Å². The van der Waals surface area contributed by atoms with Crippen LogP contribution in [-0.4, -0.2) is 39.4 Å². The predicted molar refractivity (Wildman–Crippen MR) is 76.1 cm³/mol. The van der Waals surface area contributed by atoms with Gasteiger partial charge in [0.25, 0.3) is 5.91 Å². The third-order valence-corrected chi connectivity index (χ3v) is 4.19. The van der Waals surface area contributed by atoms with Crippen molar-refractivity contribution in [2.75, 3.05) is 20.2 Å². The highest BCUT2D eigenvalue weighted by Gasteiger charge is 2.16. The Labute approximate surface area is 119 Å². The van der Waals surface area contributed by atoms with Crippen LogP contribution in [-0.2, 0) is 14.8 Å². The second kappa shape index (κ2) is 6.23. The van der Waals surface area contributed by atoms with Gasteiger partial charge < -0.3 is 9.64 Å². The lowest BCUT2D eigenvalue weighted by atomic mass is 10.1. The molecule has 0 spiro atoms. The molecule has 6 nitrogen and oxygen atoms in total. The molecule has 1 aromatic carbocycles. The van der Waals surface area contributed by atoms with Gasteiger partial charge in [-0.15, -0.1) is 0 Å². The SMILES string of the molecule is CCN(C)C(=O)COc1cc(C)c(S(N)(=O)=O)c(C)c1. The number of sulfonamides is 1. The molecule has 0 aliphatic heterocycles. The lowest BCUT2D eigenvalue weighted by molar-refractivity contribution is -0.131. The Morgan fingerprint density at radius 3 is 2.20 bits per heavy atom. The van der Waals surface area contributed by atoms with Crippen molar-refractivity contribution in [2.45, 2.75) is 25.7 Å². The maximum Gasteiger partial charge on any atom is 0.260 e. The normalized spacial score (nSPS) is 11.2. The number of carbonyl (C=O) groups excluding carboxylic acids is 1. The van der Waals surface area contributed by atoms with E-state index < -0.39 is 10.0 Å². The van der Waals surface area contributed by atoms with Crippen LogP contribution in [0.3, 0.4) is 0 Å². The lowest BCUT2D eigenvalue weighted by Gasteiger charge is -2.16. The lowest BCUT2D eigenvalue weighted by Crippen LogP contribution is -2.31. The van der Waals surface area contributed by atoms with E-state index in [0.717, 1.165) is 0 Å². The summed E-state index contributed by atoms with van der Waals surface area (Å²) in [5, 5.41) is 5.16. The minimum atomic E-state index is -3.76. The van der Waals surface area contributed by atoms with Crippen LogP contribution in [0.4, 0.5) is 0 Å². The van der Waals surface area contributed by atoms with Gasteiger partial charge in [-0.2, -0.15) is 0 Å². The Hall–Kier alpha value is -1.60. The molecule has 7 heteroatoms. The fourth-order valence-corrected chi connectivity index (χ4v) is 2.89. The van der Waals surface area contributed by atoms with Gasteiger partial charge in [-0.3, -0.25) is 4.79 Å². The van der Waals surface area contributed by atoms with Crippen LogP contribution in [0.1, 0.15) is 18.1 Å². The molecule has 0 unspecified atom stereocenters. The van der Waals surface area contributed by atoms with Gasteiger partial charge in [-0.05, 0) is 44.0 Å². The van der Waals surface area contributed by atoms with Gasteiger partial charge >= 0.3 is 0 Å². The highest BCUT2D eigenvalue weighted by molar-refractivity contribution is 7.89. The third kappa shape index (κ3) is 3.94. The van der Waals surface area contributed by atoms with Crippen molar-refractivity contribution >= 4 is 15.9 Å². The summed E-state index contributed by atoms with van der Waals surface area (Å²) in [4.78, 5) is 13.3. The van der Waals surface area contributed by atoms with E-state index in [1.54, 1.807) is 37.9 Å². The van der Waals surface area contributed by atoms with Gasteiger partial charge in [0.15, 0.2) is 6.61 Å². The van der Waals surface area contributed by atoms with E-state index >= 15 is 0 Å². The van der Waals surface area contributed by atoms with Crippen LogP contribution in [0.15, 0.2) is 17.0 Å². The summed E-state index contributed by atoms with van der Waals surface area (Å²) in [6.45, 7) is 5.66. The van der Waals surface area contributed by atoms with Crippen molar-refractivity contribution in [1.82, 2.24) is 4.90 Å². The molecule has 0 saturated carbocycles. The van der Waals surface area contributed by atoms with Crippen LogP contribution in [0.25, 0.3) is 0 Å². The second-order valence-electron chi connectivity index (χ2n) is 4.63. The minimum absolute atomic E-state index is 0.0854. The molecule has 20 heavy (non-hydrogen) atoms. The number of ether oxygens (including phenoxy) is 1. The zero-order chi connectivity index (χ0) is 15.5. The highest BCUT2D eigenvalue weighted by atomic mass is 32.2. The van der Waals surface area contributed by atoms with Gasteiger partial charge in [0.2, 0.25) is 10.0 Å². The molecule has 1 rings (SSSR count). The van der Waals surface area contributed by atoms with Crippen molar-refractivity contribution in [3.8, 4) is 5.75 Å². The van der Waals surface area contributed by atoms with Crippen molar-refractivity contribution in [3.05, 3.63) is 23.3 Å². The Kier molecular flexibility index (Phi) is 5.13. The van der Waals surface area contributed by atoms with E-state index in [4.69, 9.17) is 9.88 Å². The Morgan fingerprint density at radius 2 is 1.80 bits per heavy atom. The second-order valence-corrected chi connectivity index (χ2v) is 6.13. The van der Waals surface area contributed by atoms with Gasteiger partial charge in [0.05, 0.1) is 4.90 Å². The largest absolute Gasteiger partial charge is 0.484 e. The van der Waals surface area contributed by atoms with E-state index in [2.05, 4.69) is 0 Å². The molecule has 1 aromatic rings. The van der Waals surface area contributed by atoms with Gasteiger partial charge in [0, 0.05) is 13.6 Å². The van der Waals surface area contributed by atoms with Crippen LogP contribution in [0, 0.1) is 13.8 Å². The molecular formula is C13H20N2O4S. The van der Waals surface area contributed by atoms with E-state index in [1.165, 1.54) is 0 Å². The van der Waals surface area contributed by atoms with E-state index in [0.29, 0.717) is 23.4 Å². The van der Waals surface area contributed by atoms with Crippen molar-refractivity contribution in [3.63, 3.8) is 0 Å². The summed E-state index contributed by atoms with van der Waals surface area (Å²) in [5.74, 6) is 0.309. The average molecular weight is 300 g/mol. The number of likely N-dealkylation sites (N-methyl/N-ethyl adjacent to an activating group) is 1. The fourth-order valence-electron chi connectivity index (χ4n) is 1.87. The first-order chi connectivity index (χ1) is 9.16. The van der Waals surface area contributed by atoms with E-state index in [-0.39, 0.29) is 17.4 Å². The quantitative estimate of drug-likeness (QED) is 0.871. The topological polar surface area (TPSA) is 89.7 Å². The fraction of sp³-hybridized carbons (Fsp3) is 0.462. The number of hydrogen-bond donors (Lipinski definition) is 1. The zero-order valence-corrected chi connectivity index (χ0v) is 13.0. The number of aryl methyl sites for hydroxylation is 2. The monoisotopic (exact) mass is 300 g/mol. The van der Waals surface area contributed by atoms with Crippen LogP contribution in [0.5, 0.6) is 5.75 Å². The Morgan fingerprint density at radius 1 is 1.30 bits per heavy atom. The Balaban J connectivity index is 2.93. The number of primary sulfonamides is 1. The molecule has 0 bridgehead atoms. The molecule has 1 amide bonds. The predicted octanol–water partition coefficient (Wildman–Crippen LogP) is 0.808. The molecule has 0 aromatic heterocycles. The number of amides is 1. The molecule has 0 aliphatic rings. The summed E-state index contributed by atoms with van der Waals surface area (Å²) in [6.07, 6.45) is 0. The number of carbonyl (C=O) groups is 1. The average Bonchev–Trinajstić information content (AvgIpc) is 2.32. The molecular weight excluding hydrogens is 280 g/mol. The zero-order valence-electron chi connectivity index (χ0n) is 12.1. The smallest absolute Gasteiger partial charge is 0.260 e. The van der Waals surface area contributed by atoms with Crippen LogP contribution < -0.4 is 9.88 Å². The number of nitrogens with two attached hydrogens (primary N) is 1. The molecule has 2 N–H and O–H groups in total. The molecule has 0 atom stereocenters. The number of rotatable bonds is 5. The number of nitrogens with zero attached hydrogens (tertiary/aromatic N) is 1. The third-order valence-electron chi connectivity index (χ3n) is 2.98. The molecule has 0 radical (unpaired) electrons. The number of hydrogen-bond acceptors (Lipinski definition) is 4. The molecule has 0 heterocycles. The molecule has 0 fully saturated rings. The summed E-state index contributed by atoms with van der Waals surface area (Å²) >= 11 is 0. The number of benzene rings is 1. The minimum Gasteiger partial charge on any atom is -0.484 e. The maximum absolute atomic E-state index is 11.6. The van der Waals surface area contributed by atoms with Crippen molar-refractivity contribution in [1.29, 1.82) is 0 Å². The maximum atomic E-state index is 11.6. The van der Waals surface area contributed by atoms with Crippen molar-refractivity contribution < 1.29 is 17.9 Å². The summed E-state index contributed by atoms with van der Waals surface area (Å²) in [6, 6.07) is 3.12. The summed E-state index contributed by atoms with van der Waals surface area (Å²) < 4.78 is 28.3. The van der Waals surface area contributed by atoms with Crippen molar-refractivity contribution in [2.24, 2.45) is 5.14 Å². The Bertz CT molecular complexity index is 588. The van der Waals surface area contributed by atoms with Gasteiger partial charge in [-0.1, -0.05) is 0 Å². The van der Waals surface area contributed by atoms with Gasteiger partial charge in [-0.25, -0.2) is 13.6 Å². The van der Waals surface area contributed by atoms with Crippen LogP contribution >= 0.6 is 0 Å². The standard InChI is InChI=1S/C13H20N2O4S/c1-5-15(4)12(16)8-19-11-6-9(2)13(10(3)7-11)20(14,17)18/h6-7H,5,8H2,1-4H3,(H2,14,17,18). The van der Waals surface area contributed by atoms with Crippen LogP contribution in [0.2, 0.25) is 0 Å². The first-order valence-electron chi connectivity index (χ1n) is 6.17.